The zero-order valence-corrected chi connectivity index (χ0v) is 12.9. The molecule has 0 fully saturated rings. The van der Waals surface area contributed by atoms with Crippen molar-refractivity contribution in [1.82, 2.24) is 14.9 Å². The Bertz CT molecular complexity index is 467. The highest BCUT2D eigenvalue weighted by Crippen LogP contribution is 2.19. The van der Waals surface area contributed by atoms with E-state index < -0.39 is 0 Å². The highest BCUT2D eigenvalue weighted by atomic mass is 32.2. The average molecular weight is 293 g/mol. The van der Waals surface area contributed by atoms with Crippen molar-refractivity contribution in [1.29, 1.82) is 0 Å². The van der Waals surface area contributed by atoms with Crippen LogP contribution >= 0.6 is 11.8 Å². The van der Waals surface area contributed by atoms with Gasteiger partial charge >= 0.3 is 0 Å². The van der Waals surface area contributed by atoms with Gasteiger partial charge in [0.05, 0.1) is 5.75 Å². The predicted octanol–water partition coefficient (Wildman–Crippen LogP) is 3.00. The number of aryl methyl sites for hydroxylation is 1. The first-order chi connectivity index (χ1) is 9.79. The van der Waals surface area contributed by atoms with Crippen molar-refractivity contribution < 1.29 is 4.79 Å². The van der Waals surface area contributed by atoms with E-state index in [0.717, 1.165) is 24.7 Å². The topological polar surface area (TPSA) is 46.9 Å². The molecular formula is C15H23N3OS. The zero-order valence-electron chi connectivity index (χ0n) is 12.1. The van der Waals surface area contributed by atoms with E-state index in [1.165, 1.54) is 43.0 Å². The quantitative estimate of drug-likeness (QED) is 0.621. The minimum atomic E-state index is 0.0945. The molecule has 20 heavy (non-hydrogen) atoms. The maximum Gasteiger partial charge on any atom is 0.230 e. The van der Waals surface area contributed by atoms with Crippen LogP contribution in [0.25, 0.3) is 0 Å². The van der Waals surface area contributed by atoms with Gasteiger partial charge in [0.2, 0.25) is 5.91 Å². The number of carbonyl (C=O) groups is 1. The number of nitrogens with zero attached hydrogens (tertiary/aromatic N) is 2. The van der Waals surface area contributed by atoms with Gasteiger partial charge in [-0.15, -0.1) is 0 Å². The number of hydrogen-bond donors (Lipinski definition) is 1. The van der Waals surface area contributed by atoms with Gasteiger partial charge in [0.25, 0.3) is 0 Å². The van der Waals surface area contributed by atoms with Crippen LogP contribution < -0.4 is 5.32 Å². The SMILES string of the molecule is CCn1ccnc1SCC(=O)NCCC1=CCCCC1. The highest BCUT2D eigenvalue weighted by Gasteiger charge is 2.08. The van der Waals surface area contributed by atoms with E-state index in [1.54, 1.807) is 6.20 Å². The van der Waals surface area contributed by atoms with Crippen molar-refractivity contribution in [3.63, 3.8) is 0 Å². The summed E-state index contributed by atoms with van der Waals surface area (Å²) in [5.74, 6) is 0.535. The normalized spacial score (nSPS) is 14.9. The summed E-state index contributed by atoms with van der Waals surface area (Å²) in [5.41, 5.74) is 1.51. The van der Waals surface area contributed by atoms with Crippen LogP contribution in [0, 0.1) is 0 Å². The van der Waals surface area contributed by atoms with Gasteiger partial charge in [-0.05, 0) is 39.0 Å². The number of imidazole rings is 1. The molecule has 0 aliphatic heterocycles. The number of rotatable bonds is 7. The minimum Gasteiger partial charge on any atom is -0.355 e. The van der Waals surface area contributed by atoms with Gasteiger partial charge in [0.1, 0.15) is 0 Å². The molecule has 0 radical (unpaired) electrons. The maximum absolute atomic E-state index is 11.8. The lowest BCUT2D eigenvalue weighted by molar-refractivity contribution is -0.118. The summed E-state index contributed by atoms with van der Waals surface area (Å²) in [6.07, 6.45) is 12.1. The smallest absolute Gasteiger partial charge is 0.230 e. The van der Waals surface area contributed by atoms with Crippen LogP contribution in [-0.4, -0.2) is 27.8 Å². The van der Waals surface area contributed by atoms with Crippen molar-refractivity contribution in [2.45, 2.75) is 50.7 Å². The van der Waals surface area contributed by atoms with Gasteiger partial charge in [0, 0.05) is 25.5 Å². The molecule has 1 aromatic rings. The summed E-state index contributed by atoms with van der Waals surface area (Å²) in [6.45, 7) is 3.72. The van der Waals surface area contributed by atoms with Gasteiger partial charge in [-0.2, -0.15) is 0 Å². The molecule has 4 nitrogen and oxygen atoms in total. The highest BCUT2D eigenvalue weighted by molar-refractivity contribution is 7.99. The molecule has 1 aromatic heterocycles. The molecule has 1 amide bonds. The molecule has 110 valence electrons. The molecule has 1 aliphatic carbocycles. The lowest BCUT2D eigenvalue weighted by Crippen LogP contribution is -2.26. The molecule has 0 saturated heterocycles. The minimum absolute atomic E-state index is 0.0945. The molecule has 0 bridgehead atoms. The lowest BCUT2D eigenvalue weighted by atomic mass is 9.97. The van der Waals surface area contributed by atoms with Crippen LogP contribution in [0.15, 0.2) is 29.2 Å². The van der Waals surface area contributed by atoms with E-state index in [1.807, 2.05) is 10.8 Å². The van der Waals surface area contributed by atoms with E-state index in [9.17, 15) is 4.79 Å². The van der Waals surface area contributed by atoms with Crippen LogP contribution in [0.3, 0.4) is 0 Å². The zero-order chi connectivity index (χ0) is 14.2. The molecule has 0 spiro atoms. The molecule has 1 heterocycles. The molecule has 0 aromatic carbocycles. The number of hydrogen-bond acceptors (Lipinski definition) is 3. The Hall–Kier alpha value is -1.23. The third-order valence-electron chi connectivity index (χ3n) is 3.50. The van der Waals surface area contributed by atoms with E-state index in [-0.39, 0.29) is 5.91 Å². The first-order valence-corrected chi connectivity index (χ1v) is 8.36. The van der Waals surface area contributed by atoms with Crippen molar-refractivity contribution in [3.8, 4) is 0 Å². The Morgan fingerprint density at radius 2 is 2.40 bits per heavy atom. The summed E-state index contributed by atoms with van der Waals surface area (Å²) < 4.78 is 2.05. The van der Waals surface area contributed by atoms with Crippen LogP contribution in [0.1, 0.15) is 39.0 Å². The third-order valence-corrected chi connectivity index (χ3v) is 4.51. The molecule has 0 unspecified atom stereocenters. The number of nitrogens with one attached hydrogen (secondary N) is 1. The second-order valence-electron chi connectivity index (χ2n) is 4.99. The Balaban J connectivity index is 1.64. The summed E-state index contributed by atoms with van der Waals surface area (Å²) in [6, 6.07) is 0. The van der Waals surface area contributed by atoms with Crippen LogP contribution in [-0.2, 0) is 11.3 Å². The summed E-state index contributed by atoms with van der Waals surface area (Å²) in [7, 11) is 0. The van der Waals surface area contributed by atoms with Gasteiger partial charge in [0.15, 0.2) is 5.16 Å². The Kier molecular flexibility index (Phi) is 6.18. The van der Waals surface area contributed by atoms with Crippen LogP contribution in [0.5, 0.6) is 0 Å². The van der Waals surface area contributed by atoms with Gasteiger partial charge in [-0.3, -0.25) is 4.79 Å². The summed E-state index contributed by atoms with van der Waals surface area (Å²) in [5, 5.41) is 3.91. The molecule has 0 atom stereocenters. The first-order valence-electron chi connectivity index (χ1n) is 7.38. The number of aromatic nitrogens is 2. The molecule has 0 saturated carbocycles. The number of carbonyl (C=O) groups excluding carboxylic acids is 1. The largest absolute Gasteiger partial charge is 0.355 e. The van der Waals surface area contributed by atoms with Gasteiger partial charge in [-0.1, -0.05) is 23.4 Å². The number of thioether (sulfide) groups is 1. The van der Waals surface area contributed by atoms with E-state index >= 15 is 0 Å². The standard InChI is InChI=1S/C15H23N3OS/c1-2-18-11-10-17-15(18)20-12-14(19)16-9-8-13-6-4-3-5-7-13/h6,10-11H,2-5,7-9,12H2,1H3,(H,16,19). The first kappa shape index (κ1) is 15.2. The second-order valence-corrected chi connectivity index (χ2v) is 5.94. The maximum atomic E-state index is 11.8. The fourth-order valence-electron chi connectivity index (χ4n) is 2.35. The molecule has 1 aliphatic rings. The summed E-state index contributed by atoms with van der Waals surface area (Å²) in [4.78, 5) is 16.0. The number of allylic oxidation sites excluding steroid dienone is 1. The number of amides is 1. The van der Waals surface area contributed by atoms with Crippen molar-refractivity contribution in [2.24, 2.45) is 0 Å². The van der Waals surface area contributed by atoms with Crippen molar-refractivity contribution in [2.75, 3.05) is 12.3 Å². The second kappa shape index (κ2) is 8.15. The molecular weight excluding hydrogens is 270 g/mol. The van der Waals surface area contributed by atoms with Crippen molar-refractivity contribution >= 4 is 17.7 Å². The van der Waals surface area contributed by atoms with E-state index in [0.29, 0.717) is 5.75 Å². The third kappa shape index (κ3) is 4.71. The Morgan fingerprint density at radius 1 is 1.50 bits per heavy atom. The predicted molar refractivity (Wildman–Crippen MR) is 82.8 cm³/mol. The van der Waals surface area contributed by atoms with Gasteiger partial charge < -0.3 is 9.88 Å². The molecule has 2 rings (SSSR count). The van der Waals surface area contributed by atoms with E-state index in [4.69, 9.17) is 0 Å². The Labute approximate surface area is 125 Å². The average Bonchev–Trinajstić information content (AvgIpc) is 2.94. The molecule has 1 N–H and O–H groups in total. The Morgan fingerprint density at radius 3 is 3.15 bits per heavy atom. The van der Waals surface area contributed by atoms with Crippen LogP contribution in [0.2, 0.25) is 0 Å². The van der Waals surface area contributed by atoms with Crippen LogP contribution in [0.4, 0.5) is 0 Å². The molecule has 5 heteroatoms. The monoisotopic (exact) mass is 293 g/mol. The van der Waals surface area contributed by atoms with E-state index in [2.05, 4.69) is 23.3 Å². The lowest BCUT2D eigenvalue weighted by Gasteiger charge is -2.12. The fraction of sp³-hybridized carbons (Fsp3) is 0.600. The van der Waals surface area contributed by atoms with Gasteiger partial charge in [-0.25, -0.2) is 4.98 Å². The van der Waals surface area contributed by atoms with Crippen molar-refractivity contribution in [3.05, 3.63) is 24.0 Å². The fourth-order valence-corrected chi connectivity index (χ4v) is 3.21. The summed E-state index contributed by atoms with van der Waals surface area (Å²) >= 11 is 1.50.